The van der Waals surface area contributed by atoms with Crippen molar-refractivity contribution >= 4 is 43.4 Å². The van der Waals surface area contributed by atoms with Crippen molar-refractivity contribution in [2.75, 3.05) is 11.5 Å². The van der Waals surface area contributed by atoms with Gasteiger partial charge < -0.3 is 0 Å². The maximum absolute atomic E-state index is 11.5. The number of hydrogen-bond acceptors (Lipinski definition) is 5. The van der Waals surface area contributed by atoms with Crippen LogP contribution in [0.3, 0.4) is 0 Å². The molecule has 2 aromatic rings. The Morgan fingerprint density at radius 2 is 2.19 bits per heavy atom. The van der Waals surface area contributed by atoms with Crippen molar-refractivity contribution in [1.29, 1.82) is 0 Å². The minimum Gasteiger partial charge on any atom is -0.298 e. The van der Waals surface area contributed by atoms with E-state index in [0.717, 1.165) is 20.5 Å². The first kappa shape index (κ1) is 16.4. The van der Waals surface area contributed by atoms with E-state index >= 15 is 0 Å². The van der Waals surface area contributed by atoms with E-state index < -0.39 is 9.84 Å². The fraction of sp³-hybridized carbons (Fsp3) is 0.385. The minimum atomic E-state index is -3.05. The number of aromatic nitrogens is 2. The van der Waals surface area contributed by atoms with Gasteiger partial charge in [-0.1, -0.05) is 6.92 Å². The summed E-state index contributed by atoms with van der Waals surface area (Å²) >= 11 is 4.99. The first-order chi connectivity index (χ1) is 9.86. The number of carbonyl (C=O) groups is 1. The van der Waals surface area contributed by atoms with Gasteiger partial charge in [-0.15, -0.1) is 11.3 Å². The quantitative estimate of drug-likeness (QED) is 0.710. The average molecular weight is 391 g/mol. The van der Waals surface area contributed by atoms with E-state index in [4.69, 9.17) is 0 Å². The zero-order chi connectivity index (χ0) is 15.6. The van der Waals surface area contributed by atoms with Gasteiger partial charge >= 0.3 is 0 Å². The highest BCUT2D eigenvalue weighted by Crippen LogP contribution is 2.34. The van der Waals surface area contributed by atoms with Crippen molar-refractivity contribution < 1.29 is 13.2 Å². The van der Waals surface area contributed by atoms with Crippen molar-refractivity contribution in [2.45, 2.75) is 20.4 Å². The molecule has 2 aromatic heterocycles. The number of aldehydes is 1. The van der Waals surface area contributed by atoms with Crippen LogP contribution in [0.2, 0.25) is 0 Å². The average Bonchev–Trinajstić information content (AvgIpc) is 2.99. The molecule has 8 heteroatoms. The molecule has 0 aliphatic rings. The molecule has 0 spiro atoms. The summed E-state index contributed by atoms with van der Waals surface area (Å²) in [6, 6.07) is 1.92. The topological polar surface area (TPSA) is 69.0 Å². The van der Waals surface area contributed by atoms with E-state index in [1.54, 1.807) is 24.5 Å². The SMILES string of the molecule is CCS(=O)(=O)CCn1cc(C=O)c(-c2cc(Br)sc2C)n1. The standard InChI is InChI=1S/C13H15BrN2O3S2/c1-3-21(18,19)5-4-16-7-10(8-17)13(15-16)11-6-12(14)20-9(11)2/h6-8H,3-5H2,1-2H3. The predicted molar refractivity (Wildman–Crippen MR) is 87.7 cm³/mol. The van der Waals surface area contributed by atoms with Crippen molar-refractivity contribution in [1.82, 2.24) is 9.78 Å². The number of rotatable bonds is 6. The number of carbonyl (C=O) groups excluding carboxylic acids is 1. The van der Waals surface area contributed by atoms with Crippen LogP contribution in [0.1, 0.15) is 22.2 Å². The van der Waals surface area contributed by atoms with Gasteiger partial charge in [-0.3, -0.25) is 9.48 Å². The summed E-state index contributed by atoms with van der Waals surface area (Å²) in [5.74, 6) is 0.132. The lowest BCUT2D eigenvalue weighted by atomic mass is 10.1. The van der Waals surface area contributed by atoms with E-state index in [1.807, 2.05) is 13.0 Å². The molecule has 0 bridgehead atoms. The van der Waals surface area contributed by atoms with Crippen LogP contribution in [0.4, 0.5) is 0 Å². The predicted octanol–water partition coefficient (Wildman–Crippen LogP) is 2.93. The van der Waals surface area contributed by atoms with Gasteiger partial charge in [0.05, 0.1) is 21.6 Å². The molecular weight excluding hydrogens is 376 g/mol. The number of aryl methyl sites for hydroxylation is 2. The van der Waals surface area contributed by atoms with Gasteiger partial charge in [0.25, 0.3) is 0 Å². The number of thiophene rings is 1. The van der Waals surface area contributed by atoms with Crippen molar-refractivity contribution in [3.05, 3.63) is 26.5 Å². The second-order valence-corrected chi connectivity index (χ2v) is 9.68. The van der Waals surface area contributed by atoms with Crippen LogP contribution >= 0.6 is 27.3 Å². The van der Waals surface area contributed by atoms with Crippen LogP contribution in [0.15, 0.2) is 16.0 Å². The van der Waals surface area contributed by atoms with E-state index in [9.17, 15) is 13.2 Å². The van der Waals surface area contributed by atoms with Gasteiger partial charge in [-0.25, -0.2) is 8.42 Å². The van der Waals surface area contributed by atoms with Crippen LogP contribution < -0.4 is 0 Å². The van der Waals surface area contributed by atoms with Gasteiger partial charge in [-0.2, -0.15) is 5.10 Å². The van der Waals surface area contributed by atoms with E-state index in [-0.39, 0.29) is 18.1 Å². The van der Waals surface area contributed by atoms with Gasteiger partial charge in [0, 0.05) is 22.4 Å². The minimum absolute atomic E-state index is 0.0230. The molecule has 0 atom stereocenters. The van der Waals surface area contributed by atoms with Crippen molar-refractivity contribution in [3.8, 4) is 11.3 Å². The number of hydrogen-bond donors (Lipinski definition) is 0. The highest BCUT2D eigenvalue weighted by molar-refractivity contribution is 9.11. The second-order valence-electron chi connectivity index (χ2n) is 4.57. The Balaban J connectivity index is 2.32. The number of halogens is 1. The number of sulfone groups is 1. The van der Waals surface area contributed by atoms with Crippen LogP contribution in [0.5, 0.6) is 0 Å². The molecule has 0 unspecified atom stereocenters. The third-order valence-corrected chi connectivity index (χ3v) is 6.37. The molecule has 0 saturated carbocycles. The normalized spacial score (nSPS) is 11.8. The summed E-state index contributed by atoms with van der Waals surface area (Å²) in [5.41, 5.74) is 1.96. The summed E-state index contributed by atoms with van der Waals surface area (Å²) in [5, 5.41) is 4.37. The highest BCUT2D eigenvalue weighted by Gasteiger charge is 2.16. The summed E-state index contributed by atoms with van der Waals surface area (Å²) in [4.78, 5) is 12.3. The Hall–Kier alpha value is -0.990. The van der Waals surface area contributed by atoms with Gasteiger partial charge in [0.15, 0.2) is 16.1 Å². The maximum Gasteiger partial charge on any atom is 0.153 e. The molecule has 0 aliphatic heterocycles. The highest BCUT2D eigenvalue weighted by atomic mass is 79.9. The summed E-state index contributed by atoms with van der Waals surface area (Å²) in [6.07, 6.45) is 2.34. The Labute approximate surface area is 136 Å². The van der Waals surface area contributed by atoms with Gasteiger partial charge in [-0.05, 0) is 28.9 Å². The first-order valence-electron chi connectivity index (χ1n) is 6.35. The molecule has 0 aromatic carbocycles. The van der Waals surface area contributed by atoms with E-state index in [1.165, 1.54) is 4.68 Å². The third-order valence-electron chi connectivity index (χ3n) is 3.13. The Kier molecular flexibility index (Phi) is 5.00. The Morgan fingerprint density at radius 3 is 2.71 bits per heavy atom. The molecule has 2 heterocycles. The zero-order valence-corrected chi connectivity index (χ0v) is 14.9. The van der Waals surface area contributed by atoms with Crippen LogP contribution in [-0.2, 0) is 16.4 Å². The van der Waals surface area contributed by atoms with Gasteiger partial charge in [0.2, 0.25) is 0 Å². The molecule has 0 saturated heterocycles. The monoisotopic (exact) mass is 390 g/mol. The fourth-order valence-electron chi connectivity index (χ4n) is 1.90. The molecule has 5 nitrogen and oxygen atoms in total. The molecule has 2 rings (SSSR count). The summed E-state index contributed by atoms with van der Waals surface area (Å²) in [6.45, 7) is 3.83. The van der Waals surface area contributed by atoms with Crippen molar-refractivity contribution in [2.24, 2.45) is 0 Å². The number of nitrogens with zero attached hydrogens (tertiary/aromatic N) is 2. The summed E-state index contributed by atoms with van der Waals surface area (Å²) in [7, 11) is -3.05. The van der Waals surface area contributed by atoms with Crippen LogP contribution in [0, 0.1) is 6.92 Å². The zero-order valence-electron chi connectivity index (χ0n) is 11.7. The van der Waals surface area contributed by atoms with Crippen LogP contribution in [-0.4, -0.2) is 36.0 Å². The molecule has 0 fully saturated rings. The lowest BCUT2D eigenvalue weighted by Crippen LogP contribution is -2.14. The molecule has 0 radical (unpaired) electrons. The molecule has 0 N–H and O–H groups in total. The molecule has 114 valence electrons. The van der Waals surface area contributed by atoms with Crippen LogP contribution in [0.25, 0.3) is 11.3 Å². The Morgan fingerprint density at radius 1 is 1.48 bits per heavy atom. The van der Waals surface area contributed by atoms with Gasteiger partial charge in [0.1, 0.15) is 5.69 Å². The maximum atomic E-state index is 11.5. The lowest BCUT2D eigenvalue weighted by Gasteiger charge is -2.01. The molecule has 0 aliphatic carbocycles. The van der Waals surface area contributed by atoms with Crippen molar-refractivity contribution in [3.63, 3.8) is 0 Å². The smallest absolute Gasteiger partial charge is 0.153 e. The second kappa shape index (κ2) is 6.41. The largest absolute Gasteiger partial charge is 0.298 e. The van der Waals surface area contributed by atoms with E-state index in [0.29, 0.717) is 11.3 Å². The lowest BCUT2D eigenvalue weighted by molar-refractivity contribution is 0.112. The fourth-order valence-corrected chi connectivity index (χ4v) is 4.35. The Bertz CT molecular complexity index is 762. The molecule has 21 heavy (non-hydrogen) atoms. The third kappa shape index (κ3) is 3.81. The molecule has 0 amide bonds. The first-order valence-corrected chi connectivity index (χ1v) is 9.78. The van der Waals surface area contributed by atoms with E-state index in [2.05, 4.69) is 21.0 Å². The summed E-state index contributed by atoms with van der Waals surface area (Å²) < 4.78 is 25.6. The molecular formula is C13H15BrN2O3S2.